The maximum Gasteiger partial charge on any atom is 0.455 e. The van der Waals surface area contributed by atoms with Crippen molar-refractivity contribution >= 4 is 18.7 Å². The minimum Gasteiger partial charge on any atom is -0.489 e. The Labute approximate surface area is 194 Å². The molecule has 3 aliphatic rings. The molecule has 0 aromatic heterocycles. The second-order valence-corrected chi connectivity index (χ2v) is 9.08. The highest BCUT2D eigenvalue weighted by Gasteiger charge is 2.51. The molecule has 0 spiro atoms. The van der Waals surface area contributed by atoms with Gasteiger partial charge in [-0.2, -0.15) is 0 Å². The predicted octanol–water partition coefficient (Wildman–Crippen LogP) is 3.83. The fourth-order valence-electron chi connectivity index (χ4n) is 5.59. The number of fused-ring (bicyclic) bond motifs is 3. The van der Waals surface area contributed by atoms with Gasteiger partial charge in [-0.15, -0.1) is 0 Å². The highest BCUT2D eigenvalue weighted by molar-refractivity contribution is 6.43. The average Bonchev–Trinajstić information content (AvgIpc) is 2.84. The second kappa shape index (κ2) is 9.50. The first-order valence-electron chi connectivity index (χ1n) is 11.6. The molecular weight excluding hydrogens is 415 g/mol. The SMILES string of the molecule is O=C1C=CC(=O)[C@@H]2CC(COc3ccccc3)=C3[C@@H](CCc4ccccc4)OB(O)C[C@@H]3[C@H]12. The lowest BCUT2D eigenvalue weighted by atomic mass is 9.55. The normalized spacial score (nSPS) is 26.8. The predicted molar refractivity (Wildman–Crippen MR) is 126 cm³/mol. The molecule has 1 saturated heterocycles. The number of hydrogen-bond donors (Lipinski definition) is 1. The summed E-state index contributed by atoms with van der Waals surface area (Å²) < 4.78 is 12.1. The van der Waals surface area contributed by atoms with Gasteiger partial charge in [0.2, 0.25) is 0 Å². The molecule has 5 nitrogen and oxygen atoms in total. The number of carbonyl (C=O) groups is 2. The average molecular weight is 442 g/mol. The molecule has 4 atom stereocenters. The van der Waals surface area contributed by atoms with E-state index >= 15 is 0 Å². The van der Waals surface area contributed by atoms with E-state index in [0.29, 0.717) is 25.8 Å². The van der Waals surface area contributed by atoms with Crippen molar-refractivity contribution in [3.05, 3.63) is 89.5 Å². The molecule has 5 rings (SSSR count). The van der Waals surface area contributed by atoms with Crippen LogP contribution in [0.15, 0.2) is 84.0 Å². The van der Waals surface area contributed by atoms with Crippen LogP contribution in [-0.2, 0) is 20.7 Å². The molecule has 2 aromatic carbocycles. The van der Waals surface area contributed by atoms with Gasteiger partial charge in [0.05, 0.1) is 6.10 Å². The van der Waals surface area contributed by atoms with Crippen molar-refractivity contribution in [1.29, 1.82) is 0 Å². The lowest BCUT2D eigenvalue weighted by Gasteiger charge is -2.46. The van der Waals surface area contributed by atoms with Crippen molar-refractivity contribution in [3.63, 3.8) is 0 Å². The summed E-state index contributed by atoms with van der Waals surface area (Å²) in [7, 11) is -0.955. The van der Waals surface area contributed by atoms with Crippen LogP contribution in [0.1, 0.15) is 18.4 Å². The number of aryl methyl sites for hydroxylation is 1. The maximum absolute atomic E-state index is 12.9. The van der Waals surface area contributed by atoms with Crippen molar-refractivity contribution in [1.82, 2.24) is 0 Å². The molecule has 1 aliphatic heterocycles. The van der Waals surface area contributed by atoms with Gasteiger partial charge in [-0.3, -0.25) is 9.59 Å². The molecule has 2 aliphatic carbocycles. The first kappa shape index (κ1) is 21.9. The Balaban J connectivity index is 1.48. The largest absolute Gasteiger partial charge is 0.489 e. The van der Waals surface area contributed by atoms with E-state index in [-0.39, 0.29) is 23.6 Å². The fraction of sp³-hybridized carbons (Fsp3) is 0.333. The molecule has 33 heavy (non-hydrogen) atoms. The van der Waals surface area contributed by atoms with Crippen LogP contribution in [-0.4, -0.2) is 36.4 Å². The van der Waals surface area contributed by atoms with Crippen molar-refractivity contribution in [2.24, 2.45) is 17.8 Å². The summed E-state index contributed by atoms with van der Waals surface area (Å²) in [6.07, 6.45) is 4.79. The third-order valence-corrected chi connectivity index (χ3v) is 7.06. The smallest absolute Gasteiger partial charge is 0.455 e. The first-order valence-corrected chi connectivity index (χ1v) is 11.6. The monoisotopic (exact) mass is 442 g/mol. The standard InChI is InChI=1S/C27H27BO5/c29-23-12-13-24(30)27-21(23)15-19(17-32-20-9-5-2-6-10-20)26-22(27)16-28(31)33-25(26)14-11-18-7-3-1-4-8-18/h1-10,12-13,21-22,25,27,31H,11,14-17H2/t21-,22-,25+,27+/m0/s1. The minimum atomic E-state index is -0.955. The highest BCUT2D eigenvalue weighted by atomic mass is 16.5. The lowest BCUT2D eigenvalue weighted by Crippen LogP contribution is -2.50. The zero-order chi connectivity index (χ0) is 22.8. The van der Waals surface area contributed by atoms with E-state index in [1.807, 2.05) is 48.5 Å². The van der Waals surface area contributed by atoms with Crippen LogP contribution in [0.5, 0.6) is 5.75 Å². The Kier molecular flexibility index (Phi) is 6.29. The zero-order valence-electron chi connectivity index (χ0n) is 18.4. The van der Waals surface area contributed by atoms with E-state index in [9.17, 15) is 14.6 Å². The van der Waals surface area contributed by atoms with Gasteiger partial charge in [-0.25, -0.2) is 0 Å². The summed E-state index contributed by atoms with van der Waals surface area (Å²) in [5.41, 5.74) is 3.26. The van der Waals surface area contributed by atoms with Gasteiger partial charge >= 0.3 is 7.12 Å². The third kappa shape index (κ3) is 4.59. The van der Waals surface area contributed by atoms with Gasteiger partial charge in [0.25, 0.3) is 0 Å². The molecule has 2 aromatic rings. The molecule has 1 N–H and O–H groups in total. The summed E-state index contributed by atoms with van der Waals surface area (Å²) in [5, 5.41) is 10.6. The van der Waals surface area contributed by atoms with Crippen LogP contribution in [0.4, 0.5) is 0 Å². The third-order valence-electron chi connectivity index (χ3n) is 7.06. The molecule has 1 fully saturated rings. The maximum atomic E-state index is 12.9. The van der Waals surface area contributed by atoms with Gasteiger partial charge in [0, 0.05) is 11.8 Å². The molecule has 0 radical (unpaired) electrons. The molecule has 0 saturated carbocycles. The quantitative estimate of drug-likeness (QED) is 0.544. The fourth-order valence-corrected chi connectivity index (χ4v) is 5.59. The van der Waals surface area contributed by atoms with Crippen LogP contribution in [0.25, 0.3) is 0 Å². The summed E-state index contributed by atoms with van der Waals surface area (Å²) in [5.74, 6) is -0.336. The van der Waals surface area contributed by atoms with Crippen LogP contribution < -0.4 is 4.74 Å². The van der Waals surface area contributed by atoms with E-state index in [0.717, 1.165) is 23.3 Å². The summed E-state index contributed by atoms with van der Waals surface area (Å²) >= 11 is 0. The second-order valence-electron chi connectivity index (χ2n) is 9.08. The Hall–Kier alpha value is -2.96. The summed E-state index contributed by atoms with van der Waals surface area (Å²) in [4.78, 5) is 25.6. The number of para-hydroxylation sites is 1. The first-order chi connectivity index (χ1) is 16.1. The molecule has 6 heteroatoms. The van der Waals surface area contributed by atoms with Gasteiger partial charge in [0.1, 0.15) is 12.4 Å². The molecular formula is C27H27BO5. The van der Waals surface area contributed by atoms with Crippen LogP contribution in [0, 0.1) is 17.8 Å². The molecule has 0 unspecified atom stereocenters. The number of ketones is 2. The van der Waals surface area contributed by atoms with E-state index in [4.69, 9.17) is 9.39 Å². The van der Waals surface area contributed by atoms with Gasteiger partial charge in [-0.1, -0.05) is 48.5 Å². The van der Waals surface area contributed by atoms with Crippen molar-refractivity contribution in [2.45, 2.75) is 31.7 Å². The highest BCUT2D eigenvalue weighted by Crippen LogP contribution is 2.48. The van der Waals surface area contributed by atoms with E-state index in [2.05, 4.69) is 12.1 Å². The summed E-state index contributed by atoms with van der Waals surface area (Å²) in [6, 6.07) is 19.8. The molecule has 0 amide bonds. The van der Waals surface area contributed by atoms with Gasteiger partial charge in [-0.05, 0) is 72.5 Å². The van der Waals surface area contributed by atoms with Crippen molar-refractivity contribution in [3.8, 4) is 5.75 Å². The number of allylic oxidation sites excluding steroid dienone is 2. The molecule has 1 heterocycles. The lowest BCUT2D eigenvalue weighted by molar-refractivity contribution is -0.131. The number of hydrogen-bond acceptors (Lipinski definition) is 5. The van der Waals surface area contributed by atoms with E-state index < -0.39 is 19.0 Å². The zero-order valence-corrected chi connectivity index (χ0v) is 18.4. The molecule has 0 bridgehead atoms. The topological polar surface area (TPSA) is 72.8 Å². The van der Waals surface area contributed by atoms with E-state index in [1.165, 1.54) is 17.7 Å². The minimum absolute atomic E-state index is 0.0160. The Morgan fingerprint density at radius 3 is 2.39 bits per heavy atom. The van der Waals surface area contributed by atoms with Crippen LogP contribution >= 0.6 is 0 Å². The Bertz CT molecular complexity index is 1080. The van der Waals surface area contributed by atoms with Crippen molar-refractivity contribution < 1.29 is 24.0 Å². The van der Waals surface area contributed by atoms with Crippen LogP contribution in [0.2, 0.25) is 6.32 Å². The van der Waals surface area contributed by atoms with Gasteiger partial charge < -0.3 is 14.4 Å². The van der Waals surface area contributed by atoms with E-state index in [1.54, 1.807) is 0 Å². The number of benzene rings is 2. The number of rotatable bonds is 6. The Morgan fingerprint density at radius 1 is 0.939 bits per heavy atom. The summed E-state index contributed by atoms with van der Waals surface area (Å²) in [6.45, 7) is 0.339. The molecule has 168 valence electrons. The van der Waals surface area contributed by atoms with Crippen molar-refractivity contribution in [2.75, 3.05) is 6.61 Å². The van der Waals surface area contributed by atoms with Crippen LogP contribution in [0.3, 0.4) is 0 Å². The number of ether oxygens (including phenoxy) is 1. The number of carbonyl (C=O) groups excluding carboxylic acids is 2. The Morgan fingerprint density at radius 2 is 1.64 bits per heavy atom. The van der Waals surface area contributed by atoms with Gasteiger partial charge in [0.15, 0.2) is 11.6 Å².